The van der Waals surface area contributed by atoms with Crippen LogP contribution in [-0.2, 0) is 6.42 Å². The molecule has 1 atom stereocenters. The number of hydrogen-bond acceptors (Lipinski definition) is 3. The number of nitrogens with two attached hydrogens (primary N) is 1. The summed E-state index contributed by atoms with van der Waals surface area (Å²) in [5, 5.41) is 0. The zero-order valence-electron chi connectivity index (χ0n) is 9.62. The lowest BCUT2D eigenvalue weighted by atomic mass is 10.0. The van der Waals surface area contributed by atoms with Crippen LogP contribution in [0, 0.1) is 5.92 Å². The van der Waals surface area contributed by atoms with Gasteiger partial charge in [-0.05, 0) is 42.6 Å². The Labute approximate surface area is 91.2 Å². The van der Waals surface area contributed by atoms with Gasteiger partial charge in [0.05, 0.1) is 14.2 Å². The highest BCUT2D eigenvalue weighted by atomic mass is 16.5. The van der Waals surface area contributed by atoms with Gasteiger partial charge in [-0.15, -0.1) is 0 Å². The topological polar surface area (TPSA) is 44.5 Å². The molecule has 0 spiro atoms. The van der Waals surface area contributed by atoms with Crippen LogP contribution in [0.15, 0.2) is 18.2 Å². The minimum atomic E-state index is 0.450. The van der Waals surface area contributed by atoms with E-state index in [0.29, 0.717) is 12.5 Å². The fourth-order valence-electron chi connectivity index (χ4n) is 1.50. The molecule has 1 aromatic carbocycles. The van der Waals surface area contributed by atoms with E-state index in [1.807, 2.05) is 18.2 Å². The number of methoxy groups -OCH3 is 2. The molecule has 84 valence electrons. The van der Waals surface area contributed by atoms with Crippen molar-refractivity contribution in [1.82, 2.24) is 0 Å². The van der Waals surface area contributed by atoms with Gasteiger partial charge >= 0.3 is 0 Å². The van der Waals surface area contributed by atoms with Gasteiger partial charge in [0.15, 0.2) is 0 Å². The van der Waals surface area contributed by atoms with Gasteiger partial charge in [0, 0.05) is 0 Å². The molecule has 1 rings (SSSR count). The molecule has 0 aromatic heterocycles. The maximum atomic E-state index is 5.61. The van der Waals surface area contributed by atoms with Crippen molar-refractivity contribution in [2.75, 3.05) is 20.8 Å². The van der Waals surface area contributed by atoms with E-state index in [-0.39, 0.29) is 0 Å². The Balaban J connectivity index is 2.90. The number of rotatable bonds is 5. The lowest BCUT2D eigenvalue weighted by Gasteiger charge is -2.13. The molecule has 0 saturated carbocycles. The van der Waals surface area contributed by atoms with Crippen LogP contribution in [0.1, 0.15) is 12.5 Å². The van der Waals surface area contributed by atoms with Crippen molar-refractivity contribution in [3.05, 3.63) is 23.8 Å². The Morgan fingerprint density at radius 1 is 1.27 bits per heavy atom. The second-order valence-corrected chi connectivity index (χ2v) is 3.72. The van der Waals surface area contributed by atoms with Crippen LogP contribution >= 0.6 is 0 Å². The molecule has 1 unspecified atom stereocenters. The molecule has 2 N–H and O–H groups in total. The second-order valence-electron chi connectivity index (χ2n) is 3.72. The van der Waals surface area contributed by atoms with Crippen molar-refractivity contribution < 1.29 is 9.47 Å². The fourth-order valence-corrected chi connectivity index (χ4v) is 1.50. The van der Waals surface area contributed by atoms with E-state index in [1.54, 1.807) is 14.2 Å². The zero-order valence-corrected chi connectivity index (χ0v) is 9.62. The molecule has 3 heteroatoms. The Hall–Kier alpha value is -1.22. The quantitative estimate of drug-likeness (QED) is 0.804. The molecule has 0 aliphatic carbocycles. The molecule has 0 saturated heterocycles. The van der Waals surface area contributed by atoms with E-state index in [2.05, 4.69) is 6.92 Å². The minimum absolute atomic E-state index is 0.450. The Kier molecular flexibility index (Phi) is 4.43. The third kappa shape index (κ3) is 3.13. The smallest absolute Gasteiger partial charge is 0.122 e. The van der Waals surface area contributed by atoms with E-state index < -0.39 is 0 Å². The minimum Gasteiger partial charge on any atom is -0.497 e. The normalized spacial score (nSPS) is 12.3. The fraction of sp³-hybridized carbons (Fsp3) is 0.500. The van der Waals surface area contributed by atoms with Gasteiger partial charge in [0.2, 0.25) is 0 Å². The highest BCUT2D eigenvalue weighted by Crippen LogP contribution is 2.25. The molecule has 0 radical (unpaired) electrons. The maximum Gasteiger partial charge on any atom is 0.122 e. The molecule has 0 fully saturated rings. The van der Waals surface area contributed by atoms with Crippen LogP contribution in [0.25, 0.3) is 0 Å². The molecule has 0 bridgehead atoms. The largest absolute Gasteiger partial charge is 0.497 e. The van der Waals surface area contributed by atoms with E-state index >= 15 is 0 Å². The average molecular weight is 209 g/mol. The van der Waals surface area contributed by atoms with E-state index in [9.17, 15) is 0 Å². The Bertz CT molecular complexity index is 312. The maximum absolute atomic E-state index is 5.61. The van der Waals surface area contributed by atoms with Crippen molar-refractivity contribution in [2.24, 2.45) is 11.7 Å². The van der Waals surface area contributed by atoms with Crippen molar-refractivity contribution in [1.29, 1.82) is 0 Å². The SMILES string of the molecule is COc1ccc(OC)c(CC(C)CN)c1. The first-order valence-electron chi connectivity index (χ1n) is 5.12. The zero-order chi connectivity index (χ0) is 11.3. The highest BCUT2D eigenvalue weighted by Gasteiger charge is 2.08. The molecular weight excluding hydrogens is 190 g/mol. The standard InChI is InChI=1S/C12H19NO2/c1-9(8-13)6-10-7-11(14-2)4-5-12(10)15-3/h4-5,7,9H,6,8,13H2,1-3H3. The first-order valence-corrected chi connectivity index (χ1v) is 5.12. The lowest BCUT2D eigenvalue weighted by Crippen LogP contribution is -2.13. The van der Waals surface area contributed by atoms with Gasteiger partial charge in [0.1, 0.15) is 11.5 Å². The Morgan fingerprint density at radius 2 is 2.00 bits per heavy atom. The van der Waals surface area contributed by atoms with Crippen molar-refractivity contribution >= 4 is 0 Å². The van der Waals surface area contributed by atoms with Crippen molar-refractivity contribution in [3.8, 4) is 11.5 Å². The van der Waals surface area contributed by atoms with E-state index in [4.69, 9.17) is 15.2 Å². The van der Waals surface area contributed by atoms with Crippen LogP contribution in [0.2, 0.25) is 0 Å². The summed E-state index contributed by atoms with van der Waals surface area (Å²) in [6.07, 6.45) is 0.914. The second kappa shape index (κ2) is 5.61. The number of ether oxygens (including phenoxy) is 2. The predicted octanol–water partition coefficient (Wildman–Crippen LogP) is 1.84. The van der Waals surface area contributed by atoms with Crippen molar-refractivity contribution in [2.45, 2.75) is 13.3 Å². The summed E-state index contributed by atoms with van der Waals surface area (Å²) >= 11 is 0. The molecule has 1 aromatic rings. The summed E-state index contributed by atoms with van der Waals surface area (Å²) in [6.45, 7) is 2.80. The summed E-state index contributed by atoms with van der Waals surface area (Å²) in [6, 6.07) is 5.83. The third-order valence-corrected chi connectivity index (χ3v) is 2.46. The first kappa shape index (κ1) is 11.9. The van der Waals surface area contributed by atoms with Crippen LogP contribution in [-0.4, -0.2) is 20.8 Å². The molecule has 0 amide bonds. The summed E-state index contributed by atoms with van der Waals surface area (Å²) in [5.74, 6) is 2.21. The van der Waals surface area contributed by atoms with Gasteiger partial charge in [-0.2, -0.15) is 0 Å². The van der Waals surface area contributed by atoms with Crippen LogP contribution < -0.4 is 15.2 Å². The third-order valence-electron chi connectivity index (χ3n) is 2.46. The van der Waals surface area contributed by atoms with Gasteiger partial charge < -0.3 is 15.2 Å². The highest BCUT2D eigenvalue weighted by molar-refractivity contribution is 5.40. The molecular formula is C12H19NO2. The molecule has 0 aliphatic rings. The van der Waals surface area contributed by atoms with Gasteiger partial charge in [-0.3, -0.25) is 0 Å². The summed E-state index contributed by atoms with van der Waals surface area (Å²) < 4.78 is 10.5. The molecule has 0 aliphatic heterocycles. The van der Waals surface area contributed by atoms with Crippen LogP contribution in [0.4, 0.5) is 0 Å². The first-order chi connectivity index (χ1) is 7.21. The molecule has 15 heavy (non-hydrogen) atoms. The van der Waals surface area contributed by atoms with Gasteiger partial charge in [-0.1, -0.05) is 6.92 Å². The Morgan fingerprint density at radius 3 is 2.53 bits per heavy atom. The van der Waals surface area contributed by atoms with Crippen LogP contribution in [0.5, 0.6) is 11.5 Å². The van der Waals surface area contributed by atoms with Crippen LogP contribution in [0.3, 0.4) is 0 Å². The summed E-state index contributed by atoms with van der Waals surface area (Å²) in [4.78, 5) is 0. The number of hydrogen-bond donors (Lipinski definition) is 1. The molecule has 0 heterocycles. The van der Waals surface area contributed by atoms with E-state index in [1.165, 1.54) is 0 Å². The number of benzene rings is 1. The average Bonchev–Trinajstić information content (AvgIpc) is 2.28. The summed E-state index contributed by atoms with van der Waals surface area (Å²) in [7, 11) is 3.34. The summed E-state index contributed by atoms with van der Waals surface area (Å²) in [5.41, 5.74) is 6.76. The lowest BCUT2D eigenvalue weighted by molar-refractivity contribution is 0.395. The van der Waals surface area contributed by atoms with Gasteiger partial charge in [0.25, 0.3) is 0 Å². The molecule has 3 nitrogen and oxygen atoms in total. The monoisotopic (exact) mass is 209 g/mol. The van der Waals surface area contributed by atoms with Gasteiger partial charge in [-0.25, -0.2) is 0 Å². The van der Waals surface area contributed by atoms with Crippen molar-refractivity contribution in [3.63, 3.8) is 0 Å². The predicted molar refractivity (Wildman–Crippen MR) is 61.5 cm³/mol. The van der Waals surface area contributed by atoms with E-state index in [0.717, 1.165) is 23.5 Å².